The second-order valence-corrected chi connectivity index (χ2v) is 5.22. The molecule has 3 N–H and O–H groups in total. The summed E-state index contributed by atoms with van der Waals surface area (Å²) in [5.41, 5.74) is 6.52. The Morgan fingerprint density at radius 3 is 2.69 bits per heavy atom. The Morgan fingerprint density at radius 2 is 2.12 bits per heavy atom. The van der Waals surface area contributed by atoms with Crippen molar-refractivity contribution in [2.24, 2.45) is 11.1 Å². The van der Waals surface area contributed by atoms with Crippen LogP contribution in [0.1, 0.15) is 23.2 Å². The van der Waals surface area contributed by atoms with Gasteiger partial charge in [-0.25, -0.2) is 0 Å². The lowest BCUT2D eigenvalue weighted by Gasteiger charge is -2.13. The highest BCUT2D eigenvalue weighted by Gasteiger charge is 2.41. The lowest BCUT2D eigenvalue weighted by atomic mass is 10.1. The first kappa shape index (κ1) is 11.6. The van der Waals surface area contributed by atoms with E-state index in [9.17, 15) is 4.79 Å². The van der Waals surface area contributed by atoms with E-state index in [0.29, 0.717) is 18.7 Å². The van der Waals surface area contributed by atoms with Gasteiger partial charge in [-0.15, -0.1) is 0 Å². The minimum atomic E-state index is -0.0350. The van der Waals surface area contributed by atoms with Gasteiger partial charge in [-0.05, 0) is 47.4 Å². The number of hydrogen-bond donors (Lipinski definition) is 2. The number of nitrogens with two attached hydrogens (primary N) is 1. The van der Waals surface area contributed by atoms with Crippen LogP contribution in [0.5, 0.6) is 0 Å². The fraction of sp³-hybridized carbons (Fsp3) is 0.417. The zero-order valence-corrected chi connectivity index (χ0v) is 10.6. The first-order valence-corrected chi connectivity index (χ1v) is 6.19. The average molecular weight is 283 g/mol. The molecule has 16 heavy (non-hydrogen) atoms. The van der Waals surface area contributed by atoms with Crippen LogP contribution in [0.4, 0.5) is 0 Å². The van der Waals surface area contributed by atoms with Gasteiger partial charge in [-0.2, -0.15) is 0 Å². The molecule has 0 bridgehead atoms. The maximum atomic E-state index is 11.9. The van der Waals surface area contributed by atoms with Gasteiger partial charge in [0.15, 0.2) is 0 Å². The highest BCUT2D eigenvalue weighted by molar-refractivity contribution is 9.10. The highest BCUT2D eigenvalue weighted by Crippen LogP contribution is 2.43. The molecule has 4 heteroatoms. The van der Waals surface area contributed by atoms with E-state index < -0.39 is 0 Å². The van der Waals surface area contributed by atoms with Gasteiger partial charge >= 0.3 is 0 Å². The van der Waals surface area contributed by atoms with Crippen molar-refractivity contribution in [1.82, 2.24) is 5.32 Å². The van der Waals surface area contributed by atoms with E-state index in [-0.39, 0.29) is 11.3 Å². The molecule has 0 unspecified atom stereocenters. The van der Waals surface area contributed by atoms with Crippen molar-refractivity contribution >= 4 is 21.8 Å². The van der Waals surface area contributed by atoms with Crippen LogP contribution in [0.15, 0.2) is 28.7 Å². The van der Waals surface area contributed by atoms with Crippen LogP contribution in [-0.4, -0.2) is 19.0 Å². The third-order valence-electron chi connectivity index (χ3n) is 3.13. The summed E-state index contributed by atoms with van der Waals surface area (Å²) in [6, 6.07) is 7.42. The first-order valence-electron chi connectivity index (χ1n) is 5.40. The summed E-state index contributed by atoms with van der Waals surface area (Å²) in [6.07, 6.45) is 2.25. The molecule has 3 nitrogen and oxygen atoms in total. The predicted molar refractivity (Wildman–Crippen MR) is 67.2 cm³/mol. The topological polar surface area (TPSA) is 55.1 Å². The number of hydrogen-bond acceptors (Lipinski definition) is 2. The summed E-state index contributed by atoms with van der Waals surface area (Å²) in [4.78, 5) is 11.9. The molecule has 0 heterocycles. The summed E-state index contributed by atoms with van der Waals surface area (Å²) in [5.74, 6) is -0.0350. The van der Waals surface area contributed by atoms with E-state index in [1.807, 2.05) is 18.2 Å². The second-order valence-electron chi connectivity index (χ2n) is 4.37. The van der Waals surface area contributed by atoms with Crippen molar-refractivity contribution < 1.29 is 4.79 Å². The second kappa shape index (κ2) is 4.55. The zero-order chi connectivity index (χ0) is 11.6. The van der Waals surface area contributed by atoms with Gasteiger partial charge in [-0.1, -0.05) is 12.1 Å². The number of carbonyl (C=O) groups is 1. The van der Waals surface area contributed by atoms with Crippen molar-refractivity contribution in [3.8, 4) is 0 Å². The number of halogens is 1. The quantitative estimate of drug-likeness (QED) is 0.887. The molecule has 0 atom stereocenters. The lowest BCUT2D eigenvalue weighted by molar-refractivity contribution is 0.0944. The molecule has 1 aliphatic rings. The maximum Gasteiger partial charge on any atom is 0.252 e. The Bertz CT molecular complexity index is 402. The Morgan fingerprint density at radius 1 is 1.44 bits per heavy atom. The molecule has 0 aliphatic heterocycles. The predicted octanol–water partition coefficient (Wildman–Crippen LogP) is 1.92. The Kier molecular flexibility index (Phi) is 3.30. The van der Waals surface area contributed by atoms with Gasteiger partial charge in [-0.3, -0.25) is 4.79 Å². The number of benzene rings is 1. The minimum Gasteiger partial charge on any atom is -0.351 e. The number of nitrogens with one attached hydrogen (secondary N) is 1. The third kappa shape index (κ3) is 2.44. The Labute approximate surface area is 104 Å². The molecule has 2 rings (SSSR count). The van der Waals surface area contributed by atoms with Crippen molar-refractivity contribution in [3.05, 3.63) is 34.3 Å². The molecule has 0 saturated heterocycles. The first-order chi connectivity index (χ1) is 7.67. The van der Waals surface area contributed by atoms with Crippen molar-refractivity contribution in [3.63, 3.8) is 0 Å². The normalized spacial score (nSPS) is 16.9. The van der Waals surface area contributed by atoms with Gasteiger partial charge in [0, 0.05) is 16.4 Å². The standard InChI is InChI=1S/C12H15BrN2O/c13-10-4-2-1-3-9(10)11(16)15-8-12(7-14)5-6-12/h1-4H,5-8,14H2,(H,15,16). The third-order valence-corrected chi connectivity index (χ3v) is 3.82. The summed E-state index contributed by atoms with van der Waals surface area (Å²) < 4.78 is 0.824. The molecule has 86 valence electrons. The van der Waals surface area contributed by atoms with Crippen LogP contribution in [0, 0.1) is 5.41 Å². The van der Waals surface area contributed by atoms with Gasteiger partial charge < -0.3 is 11.1 Å². The van der Waals surface area contributed by atoms with E-state index in [2.05, 4.69) is 21.2 Å². The molecule has 1 fully saturated rings. The number of carbonyl (C=O) groups excluding carboxylic acids is 1. The van der Waals surface area contributed by atoms with Gasteiger partial charge in [0.25, 0.3) is 5.91 Å². The van der Waals surface area contributed by atoms with Crippen LogP contribution < -0.4 is 11.1 Å². The molecule has 0 spiro atoms. The van der Waals surface area contributed by atoms with E-state index in [1.54, 1.807) is 6.07 Å². The lowest BCUT2D eigenvalue weighted by Crippen LogP contribution is -2.34. The summed E-state index contributed by atoms with van der Waals surface area (Å²) in [7, 11) is 0. The van der Waals surface area contributed by atoms with Gasteiger partial charge in [0.05, 0.1) is 5.56 Å². The van der Waals surface area contributed by atoms with Crippen LogP contribution in [0.3, 0.4) is 0 Å². The van der Waals surface area contributed by atoms with Crippen LogP contribution in [0.25, 0.3) is 0 Å². The monoisotopic (exact) mass is 282 g/mol. The van der Waals surface area contributed by atoms with Crippen LogP contribution in [0.2, 0.25) is 0 Å². The molecule has 1 amide bonds. The van der Waals surface area contributed by atoms with Crippen molar-refractivity contribution in [2.45, 2.75) is 12.8 Å². The van der Waals surface area contributed by atoms with Crippen molar-refractivity contribution in [1.29, 1.82) is 0 Å². The fourth-order valence-electron chi connectivity index (χ4n) is 1.64. The van der Waals surface area contributed by atoms with E-state index in [1.165, 1.54) is 0 Å². The molecular formula is C12H15BrN2O. The SMILES string of the molecule is NCC1(CNC(=O)c2ccccc2Br)CC1. The smallest absolute Gasteiger partial charge is 0.252 e. The van der Waals surface area contributed by atoms with Crippen LogP contribution in [-0.2, 0) is 0 Å². The summed E-state index contributed by atoms with van der Waals surface area (Å²) in [5, 5.41) is 2.94. The fourth-order valence-corrected chi connectivity index (χ4v) is 2.10. The molecule has 1 saturated carbocycles. The van der Waals surface area contributed by atoms with Gasteiger partial charge in [0.2, 0.25) is 0 Å². The minimum absolute atomic E-state index is 0.0350. The molecule has 1 aromatic carbocycles. The summed E-state index contributed by atoms with van der Waals surface area (Å²) >= 11 is 3.36. The molecule has 0 aromatic heterocycles. The molecular weight excluding hydrogens is 268 g/mol. The number of amides is 1. The molecule has 1 aliphatic carbocycles. The van der Waals surface area contributed by atoms with E-state index in [4.69, 9.17) is 5.73 Å². The summed E-state index contributed by atoms with van der Waals surface area (Å²) in [6.45, 7) is 1.34. The van der Waals surface area contributed by atoms with Crippen LogP contribution >= 0.6 is 15.9 Å². The van der Waals surface area contributed by atoms with E-state index in [0.717, 1.165) is 17.3 Å². The molecule has 1 aromatic rings. The van der Waals surface area contributed by atoms with E-state index >= 15 is 0 Å². The largest absolute Gasteiger partial charge is 0.351 e. The zero-order valence-electron chi connectivity index (χ0n) is 9.00. The molecule has 0 radical (unpaired) electrons. The maximum absolute atomic E-state index is 11.9. The van der Waals surface area contributed by atoms with Gasteiger partial charge in [0.1, 0.15) is 0 Å². The Balaban J connectivity index is 1.96. The average Bonchev–Trinajstić information content (AvgIpc) is 3.07. The number of rotatable bonds is 4. The Hall–Kier alpha value is -0.870. The highest BCUT2D eigenvalue weighted by atomic mass is 79.9. The van der Waals surface area contributed by atoms with Crippen molar-refractivity contribution in [2.75, 3.05) is 13.1 Å².